The minimum Gasteiger partial charge on any atom is -0.348 e. The molecule has 2 aliphatic heterocycles. The van der Waals surface area contributed by atoms with Crippen LogP contribution in [0.4, 0.5) is 0 Å². The number of amides is 2. The monoisotopic (exact) mass is 400 g/mol. The van der Waals surface area contributed by atoms with Crippen LogP contribution in [0.3, 0.4) is 0 Å². The van der Waals surface area contributed by atoms with Crippen molar-refractivity contribution in [2.45, 2.75) is 44.6 Å². The zero-order valence-electron chi connectivity index (χ0n) is 16.6. The van der Waals surface area contributed by atoms with E-state index >= 15 is 0 Å². The molecule has 10 nitrogen and oxygen atoms in total. The number of guanidine groups is 1. The summed E-state index contributed by atoms with van der Waals surface area (Å²) < 4.78 is 0. The molecule has 2 saturated heterocycles. The topological polar surface area (TPSA) is 130 Å². The third kappa shape index (κ3) is 5.94. The molecule has 1 aromatic rings. The fourth-order valence-electron chi connectivity index (χ4n) is 3.67. The largest absolute Gasteiger partial charge is 0.348 e. The van der Waals surface area contributed by atoms with Crippen molar-refractivity contribution in [1.82, 2.24) is 30.4 Å². The zero-order valence-corrected chi connectivity index (χ0v) is 16.6. The molecular formula is C19H28N8O2. The van der Waals surface area contributed by atoms with Gasteiger partial charge in [-0.25, -0.2) is 4.98 Å². The fraction of sp³-hybridized carbons (Fsp3) is 0.632. The minimum atomic E-state index is -0.504. The van der Waals surface area contributed by atoms with Crippen LogP contribution in [0.1, 0.15) is 37.8 Å². The number of imidazole rings is 1. The maximum absolute atomic E-state index is 13.0. The second-order valence-electron chi connectivity index (χ2n) is 7.33. The first-order valence-corrected chi connectivity index (χ1v) is 10.2. The molecule has 2 amide bonds. The van der Waals surface area contributed by atoms with E-state index in [-0.39, 0.29) is 24.3 Å². The Labute approximate surface area is 170 Å². The number of nitrogens with one attached hydrogen (secondary N) is 3. The fourth-order valence-corrected chi connectivity index (χ4v) is 3.67. The number of likely N-dealkylation sites (tertiary alicyclic amines) is 2. The number of H-pyrrole nitrogens is 1. The molecule has 3 N–H and O–H groups in total. The lowest BCUT2D eigenvalue weighted by atomic mass is 10.1. The van der Waals surface area contributed by atoms with Crippen LogP contribution in [0.15, 0.2) is 17.5 Å². The first-order chi connectivity index (χ1) is 14.2. The van der Waals surface area contributed by atoms with Gasteiger partial charge in [0.2, 0.25) is 17.8 Å². The number of nitrogens with zero attached hydrogens (tertiary/aromatic N) is 5. The van der Waals surface area contributed by atoms with Crippen LogP contribution in [0, 0.1) is 11.5 Å². The summed E-state index contributed by atoms with van der Waals surface area (Å²) in [5.74, 6) is 0.175. The van der Waals surface area contributed by atoms with Gasteiger partial charge in [0.05, 0.1) is 12.9 Å². The number of hydrogen-bond donors (Lipinski definition) is 3. The predicted molar refractivity (Wildman–Crippen MR) is 107 cm³/mol. The Hall–Kier alpha value is -3.09. The van der Waals surface area contributed by atoms with E-state index in [9.17, 15) is 9.59 Å². The molecule has 0 spiro atoms. The number of hydrogen-bond acceptors (Lipinski definition) is 5. The highest BCUT2D eigenvalue weighted by molar-refractivity contribution is 5.92. The standard InChI is InChI=1S/C19H28N8O2/c20-13-23-19(22-7-6-15-11-21-14-24-15)25-16-5-1-2-10-27(18(16)29)12-17(28)26-8-3-4-9-26/h11,14,16H,1-10,12H2,(H,21,24)(H2,22,23,25)/t16-/m0/s1. The quantitative estimate of drug-likeness (QED) is 0.266. The van der Waals surface area contributed by atoms with Crippen LogP contribution >= 0.6 is 0 Å². The Kier molecular flexibility index (Phi) is 7.44. The molecule has 0 aliphatic carbocycles. The van der Waals surface area contributed by atoms with Gasteiger partial charge in [-0.1, -0.05) is 0 Å². The van der Waals surface area contributed by atoms with Crippen molar-refractivity contribution in [3.8, 4) is 6.19 Å². The van der Waals surface area contributed by atoms with E-state index in [1.165, 1.54) is 0 Å². The molecule has 0 saturated carbocycles. The molecule has 0 radical (unpaired) electrons. The van der Waals surface area contributed by atoms with E-state index in [0.29, 0.717) is 25.9 Å². The van der Waals surface area contributed by atoms with Gasteiger partial charge in [-0.2, -0.15) is 5.26 Å². The SMILES string of the molecule is N#CNC(=NCCc1cnc[nH]1)N[C@H]1CCCCN(CC(=O)N2CCCC2)C1=O. The van der Waals surface area contributed by atoms with E-state index in [4.69, 9.17) is 5.26 Å². The zero-order chi connectivity index (χ0) is 20.5. The van der Waals surface area contributed by atoms with Crippen molar-refractivity contribution in [3.63, 3.8) is 0 Å². The molecule has 3 rings (SSSR count). The van der Waals surface area contributed by atoms with Gasteiger partial charge in [0.1, 0.15) is 6.04 Å². The number of nitriles is 1. The van der Waals surface area contributed by atoms with Crippen LogP contribution in [-0.2, 0) is 16.0 Å². The summed E-state index contributed by atoms with van der Waals surface area (Å²) >= 11 is 0. The smallest absolute Gasteiger partial charge is 0.245 e. The number of carbonyl (C=O) groups is 2. The van der Waals surface area contributed by atoms with Gasteiger partial charge in [-0.3, -0.25) is 19.9 Å². The Morgan fingerprint density at radius 2 is 2.10 bits per heavy atom. The molecular weight excluding hydrogens is 372 g/mol. The second kappa shape index (κ2) is 10.5. The third-order valence-electron chi connectivity index (χ3n) is 5.26. The Morgan fingerprint density at radius 3 is 2.83 bits per heavy atom. The summed E-state index contributed by atoms with van der Waals surface area (Å²) in [6.07, 6.45) is 10.3. The Balaban J connectivity index is 1.59. The van der Waals surface area contributed by atoms with Crippen molar-refractivity contribution in [2.24, 2.45) is 4.99 Å². The molecule has 2 aliphatic rings. The van der Waals surface area contributed by atoms with E-state index in [1.54, 1.807) is 17.4 Å². The minimum absolute atomic E-state index is 0.0140. The number of rotatable bonds is 6. The molecule has 3 heterocycles. The molecule has 1 aromatic heterocycles. The van der Waals surface area contributed by atoms with Crippen LogP contribution in [0.25, 0.3) is 0 Å². The number of aliphatic imine (C=N–C) groups is 1. The lowest BCUT2D eigenvalue weighted by Crippen LogP contribution is -2.52. The highest BCUT2D eigenvalue weighted by Gasteiger charge is 2.30. The summed E-state index contributed by atoms with van der Waals surface area (Å²) in [4.78, 5) is 40.3. The van der Waals surface area contributed by atoms with Gasteiger partial charge in [0.25, 0.3) is 0 Å². The van der Waals surface area contributed by atoms with Crippen LogP contribution in [0.2, 0.25) is 0 Å². The number of aromatic amines is 1. The predicted octanol–water partition coefficient (Wildman–Crippen LogP) is -0.0280. The number of carbonyl (C=O) groups excluding carboxylic acids is 2. The van der Waals surface area contributed by atoms with E-state index in [1.807, 2.05) is 11.1 Å². The van der Waals surface area contributed by atoms with Crippen LogP contribution in [-0.4, -0.2) is 76.3 Å². The summed E-state index contributed by atoms with van der Waals surface area (Å²) in [6.45, 7) is 2.70. The normalized spacial score (nSPS) is 20.3. The summed E-state index contributed by atoms with van der Waals surface area (Å²) in [6, 6.07) is -0.504. The van der Waals surface area contributed by atoms with E-state index in [0.717, 1.165) is 44.5 Å². The third-order valence-corrected chi connectivity index (χ3v) is 5.26. The summed E-state index contributed by atoms with van der Waals surface area (Å²) in [5.41, 5.74) is 0.946. The van der Waals surface area contributed by atoms with Gasteiger partial charge in [0, 0.05) is 44.5 Å². The van der Waals surface area contributed by atoms with Crippen molar-refractivity contribution < 1.29 is 9.59 Å². The lowest BCUT2D eigenvalue weighted by Gasteiger charge is -2.27. The average molecular weight is 400 g/mol. The Morgan fingerprint density at radius 1 is 1.31 bits per heavy atom. The maximum atomic E-state index is 13.0. The lowest BCUT2D eigenvalue weighted by molar-refractivity contribution is -0.140. The van der Waals surface area contributed by atoms with Crippen molar-refractivity contribution in [2.75, 3.05) is 32.7 Å². The van der Waals surface area contributed by atoms with Gasteiger partial charge in [0.15, 0.2) is 6.19 Å². The van der Waals surface area contributed by atoms with Crippen LogP contribution in [0.5, 0.6) is 0 Å². The van der Waals surface area contributed by atoms with Crippen molar-refractivity contribution in [3.05, 3.63) is 18.2 Å². The first-order valence-electron chi connectivity index (χ1n) is 10.2. The second-order valence-corrected chi connectivity index (χ2v) is 7.33. The Bertz CT molecular complexity index is 749. The molecule has 10 heteroatoms. The van der Waals surface area contributed by atoms with Gasteiger partial charge in [-0.05, 0) is 32.1 Å². The molecule has 1 atom stereocenters. The van der Waals surface area contributed by atoms with Crippen LogP contribution < -0.4 is 10.6 Å². The summed E-state index contributed by atoms with van der Waals surface area (Å²) in [7, 11) is 0. The number of aromatic nitrogens is 2. The van der Waals surface area contributed by atoms with Crippen molar-refractivity contribution in [1.29, 1.82) is 5.26 Å². The van der Waals surface area contributed by atoms with E-state index < -0.39 is 6.04 Å². The van der Waals surface area contributed by atoms with Gasteiger partial charge >= 0.3 is 0 Å². The van der Waals surface area contributed by atoms with E-state index in [2.05, 4.69) is 25.6 Å². The molecule has 156 valence electrons. The highest BCUT2D eigenvalue weighted by atomic mass is 16.2. The summed E-state index contributed by atoms with van der Waals surface area (Å²) in [5, 5.41) is 14.6. The average Bonchev–Trinajstić information content (AvgIpc) is 3.40. The highest BCUT2D eigenvalue weighted by Crippen LogP contribution is 2.14. The van der Waals surface area contributed by atoms with Gasteiger partial charge < -0.3 is 20.1 Å². The first kappa shape index (κ1) is 20.6. The van der Waals surface area contributed by atoms with Gasteiger partial charge in [-0.15, -0.1) is 0 Å². The molecule has 0 bridgehead atoms. The molecule has 2 fully saturated rings. The maximum Gasteiger partial charge on any atom is 0.245 e. The molecule has 0 unspecified atom stereocenters. The molecule has 29 heavy (non-hydrogen) atoms. The molecule has 0 aromatic carbocycles. The van der Waals surface area contributed by atoms with Crippen molar-refractivity contribution >= 4 is 17.8 Å².